The van der Waals surface area contributed by atoms with Crippen molar-refractivity contribution >= 4 is 11.8 Å². The van der Waals surface area contributed by atoms with Gasteiger partial charge in [0.1, 0.15) is 0 Å². The number of alkyl halides is 4. The van der Waals surface area contributed by atoms with E-state index in [1.54, 1.807) is 60.7 Å². The molecule has 0 saturated carbocycles. The minimum Gasteiger partial charge on any atom is -0.206 e. The summed E-state index contributed by atoms with van der Waals surface area (Å²) in [6.45, 7) is 0. The summed E-state index contributed by atoms with van der Waals surface area (Å²) in [5.74, 6) is -7.19. The molecule has 0 atom stereocenters. The maximum Gasteiger partial charge on any atom is 0.261 e. The molecular formula is C18H18F4S. The first-order chi connectivity index (χ1) is 10.9. The third-order valence-corrected chi connectivity index (χ3v) is 4.49. The van der Waals surface area contributed by atoms with Crippen molar-refractivity contribution in [3.05, 3.63) is 71.8 Å². The molecule has 0 N–H and O–H groups in total. The Morgan fingerprint density at radius 3 is 1.30 bits per heavy atom. The van der Waals surface area contributed by atoms with Crippen LogP contribution in [0.25, 0.3) is 0 Å². The van der Waals surface area contributed by atoms with Gasteiger partial charge in [0, 0.05) is 12.8 Å². The first kappa shape index (κ1) is 17.9. The molecule has 23 heavy (non-hydrogen) atoms. The van der Waals surface area contributed by atoms with E-state index in [9.17, 15) is 17.6 Å². The van der Waals surface area contributed by atoms with Crippen LogP contribution in [0, 0.1) is 0 Å². The van der Waals surface area contributed by atoms with Crippen LogP contribution in [0.3, 0.4) is 0 Å². The molecule has 0 aromatic heterocycles. The van der Waals surface area contributed by atoms with E-state index >= 15 is 0 Å². The van der Waals surface area contributed by atoms with E-state index in [1.807, 2.05) is 0 Å². The van der Waals surface area contributed by atoms with Crippen molar-refractivity contribution in [3.8, 4) is 0 Å². The highest BCUT2D eigenvalue weighted by molar-refractivity contribution is 7.99. The maximum absolute atomic E-state index is 13.8. The van der Waals surface area contributed by atoms with Crippen LogP contribution in [-0.2, 0) is 12.8 Å². The summed E-state index contributed by atoms with van der Waals surface area (Å²) in [5.41, 5.74) is 1.02. The fraction of sp³-hybridized carbons (Fsp3) is 0.333. The quantitative estimate of drug-likeness (QED) is 0.573. The Balaban J connectivity index is 1.80. The fourth-order valence-corrected chi connectivity index (χ4v) is 3.14. The summed E-state index contributed by atoms with van der Waals surface area (Å²) < 4.78 is 55.4. The van der Waals surface area contributed by atoms with E-state index in [2.05, 4.69) is 0 Å². The highest BCUT2D eigenvalue weighted by Crippen LogP contribution is 2.30. The third kappa shape index (κ3) is 6.65. The van der Waals surface area contributed by atoms with Gasteiger partial charge in [0.15, 0.2) is 0 Å². The zero-order valence-corrected chi connectivity index (χ0v) is 13.3. The number of halogens is 4. The summed E-state index contributed by atoms with van der Waals surface area (Å²) >= 11 is 0.606. The van der Waals surface area contributed by atoms with Crippen molar-refractivity contribution in [2.24, 2.45) is 0 Å². The van der Waals surface area contributed by atoms with Crippen molar-refractivity contribution in [3.63, 3.8) is 0 Å². The molecule has 2 aromatic carbocycles. The SMILES string of the molecule is FC(F)(CSCC(F)(F)Cc1ccccc1)Cc1ccccc1. The van der Waals surface area contributed by atoms with Crippen LogP contribution in [-0.4, -0.2) is 23.4 Å². The van der Waals surface area contributed by atoms with Crippen LogP contribution in [0.4, 0.5) is 17.6 Å². The van der Waals surface area contributed by atoms with Gasteiger partial charge in [-0.3, -0.25) is 0 Å². The van der Waals surface area contributed by atoms with Crippen LogP contribution >= 0.6 is 11.8 Å². The smallest absolute Gasteiger partial charge is 0.206 e. The predicted octanol–water partition coefficient (Wildman–Crippen LogP) is 5.48. The number of rotatable bonds is 8. The summed E-state index contributed by atoms with van der Waals surface area (Å²) in [6, 6.07) is 16.7. The second-order valence-corrected chi connectivity index (χ2v) is 6.52. The molecule has 2 rings (SSSR count). The number of hydrogen-bond acceptors (Lipinski definition) is 1. The molecule has 124 valence electrons. The number of hydrogen-bond donors (Lipinski definition) is 0. The summed E-state index contributed by atoms with van der Waals surface area (Å²) in [4.78, 5) is 0. The fourth-order valence-electron chi connectivity index (χ4n) is 2.24. The molecular weight excluding hydrogens is 324 g/mol. The highest BCUT2D eigenvalue weighted by Gasteiger charge is 2.34. The van der Waals surface area contributed by atoms with Gasteiger partial charge in [-0.1, -0.05) is 60.7 Å². The molecule has 0 amide bonds. The molecule has 5 heteroatoms. The Labute approximate surface area is 137 Å². The Morgan fingerprint density at radius 1 is 0.609 bits per heavy atom. The molecule has 0 heterocycles. The van der Waals surface area contributed by atoms with E-state index in [4.69, 9.17) is 0 Å². The second kappa shape index (κ2) is 7.86. The third-order valence-electron chi connectivity index (χ3n) is 3.24. The predicted molar refractivity (Wildman–Crippen MR) is 87.5 cm³/mol. The van der Waals surface area contributed by atoms with E-state index in [0.717, 1.165) is 0 Å². The van der Waals surface area contributed by atoms with Gasteiger partial charge >= 0.3 is 0 Å². The topological polar surface area (TPSA) is 0 Å². The largest absolute Gasteiger partial charge is 0.261 e. The zero-order chi connectivity index (χ0) is 16.8. The van der Waals surface area contributed by atoms with E-state index < -0.39 is 36.2 Å². The van der Waals surface area contributed by atoms with Gasteiger partial charge in [-0.15, -0.1) is 11.8 Å². The minimum atomic E-state index is -2.99. The summed E-state index contributed by atoms with van der Waals surface area (Å²) in [7, 11) is 0. The monoisotopic (exact) mass is 342 g/mol. The van der Waals surface area contributed by atoms with Gasteiger partial charge in [-0.05, 0) is 11.1 Å². The standard InChI is InChI=1S/C18H18F4S/c19-17(20,11-15-7-3-1-4-8-15)13-23-14-18(21,22)12-16-9-5-2-6-10-16/h1-10H,11-14H2. The molecule has 0 radical (unpaired) electrons. The Hall–Kier alpha value is -1.49. The molecule has 2 aromatic rings. The lowest BCUT2D eigenvalue weighted by molar-refractivity contribution is 0.0226. The zero-order valence-electron chi connectivity index (χ0n) is 12.5. The van der Waals surface area contributed by atoms with Crippen LogP contribution in [0.15, 0.2) is 60.7 Å². The number of benzene rings is 2. The lowest BCUT2D eigenvalue weighted by atomic mass is 10.1. The van der Waals surface area contributed by atoms with E-state index in [0.29, 0.717) is 22.9 Å². The molecule has 0 aliphatic heterocycles. The number of thioether (sulfide) groups is 1. The molecule has 0 fully saturated rings. The molecule has 0 nitrogen and oxygen atoms in total. The molecule has 0 aliphatic carbocycles. The van der Waals surface area contributed by atoms with Crippen LogP contribution in [0.5, 0.6) is 0 Å². The van der Waals surface area contributed by atoms with Gasteiger partial charge < -0.3 is 0 Å². The Bertz CT molecular complexity index is 531. The Kier molecular flexibility index (Phi) is 6.10. The Morgan fingerprint density at radius 2 is 0.957 bits per heavy atom. The lowest BCUT2D eigenvalue weighted by Gasteiger charge is -2.19. The van der Waals surface area contributed by atoms with E-state index in [-0.39, 0.29) is 0 Å². The lowest BCUT2D eigenvalue weighted by Crippen LogP contribution is -2.27. The molecule has 0 unspecified atom stereocenters. The van der Waals surface area contributed by atoms with Gasteiger partial charge in [-0.25, -0.2) is 17.6 Å². The molecule has 0 bridgehead atoms. The first-order valence-corrected chi connectivity index (χ1v) is 8.43. The van der Waals surface area contributed by atoms with Crippen LogP contribution < -0.4 is 0 Å². The summed E-state index contributed by atoms with van der Waals surface area (Å²) in [6.07, 6.45) is -0.851. The maximum atomic E-state index is 13.8. The first-order valence-electron chi connectivity index (χ1n) is 7.28. The summed E-state index contributed by atoms with van der Waals surface area (Å²) in [5, 5.41) is 0. The van der Waals surface area contributed by atoms with Crippen molar-refractivity contribution < 1.29 is 17.6 Å². The molecule has 0 spiro atoms. The molecule has 0 aliphatic rings. The second-order valence-electron chi connectivity index (χ2n) is 5.53. The van der Waals surface area contributed by atoms with Crippen molar-refractivity contribution in [1.29, 1.82) is 0 Å². The van der Waals surface area contributed by atoms with Crippen LogP contribution in [0.2, 0.25) is 0 Å². The highest BCUT2D eigenvalue weighted by atomic mass is 32.2. The average molecular weight is 342 g/mol. The van der Waals surface area contributed by atoms with Gasteiger partial charge in [-0.2, -0.15) is 0 Å². The normalized spacial score (nSPS) is 12.3. The van der Waals surface area contributed by atoms with Crippen molar-refractivity contribution in [1.82, 2.24) is 0 Å². The van der Waals surface area contributed by atoms with Gasteiger partial charge in [0.05, 0.1) is 11.5 Å². The van der Waals surface area contributed by atoms with Gasteiger partial charge in [0.25, 0.3) is 11.8 Å². The van der Waals surface area contributed by atoms with Crippen molar-refractivity contribution in [2.75, 3.05) is 11.5 Å². The minimum absolute atomic E-state index is 0.425. The average Bonchev–Trinajstić information content (AvgIpc) is 2.47. The van der Waals surface area contributed by atoms with Gasteiger partial charge in [0.2, 0.25) is 0 Å². The van der Waals surface area contributed by atoms with E-state index in [1.165, 1.54) is 0 Å². The molecule has 0 saturated heterocycles. The van der Waals surface area contributed by atoms with Crippen molar-refractivity contribution in [2.45, 2.75) is 24.7 Å². The van der Waals surface area contributed by atoms with Crippen LogP contribution in [0.1, 0.15) is 11.1 Å².